The van der Waals surface area contributed by atoms with Crippen molar-refractivity contribution in [2.75, 3.05) is 20.3 Å². The van der Waals surface area contributed by atoms with Crippen molar-refractivity contribution in [2.45, 2.75) is 25.8 Å². The lowest BCUT2D eigenvalue weighted by atomic mass is 10.00. The number of hydrogen-bond donors (Lipinski definition) is 0. The van der Waals surface area contributed by atoms with Gasteiger partial charge in [-0.05, 0) is 48.6 Å². The van der Waals surface area contributed by atoms with Gasteiger partial charge in [0.15, 0.2) is 11.5 Å². The Labute approximate surface area is 163 Å². The molecule has 0 atom stereocenters. The number of aromatic nitrogens is 1. The van der Waals surface area contributed by atoms with E-state index in [2.05, 4.69) is 0 Å². The van der Waals surface area contributed by atoms with Gasteiger partial charge in [-0.2, -0.15) is 0 Å². The molecule has 0 unspecified atom stereocenters. The van der Waals surface area contributed by atoms with Gasteiger partial charge in [-0.25, -0.2) is 0 Å². The molecule has 2 heterocycles. The van der Waals surface area contributed by atoms with Crippen LogP contribution in [0.3, 0.4) is 0 Å². The maximum absolute atomic E-state index is 13.5. The third-order valence-electron chi connectivity index (χ3n) is 5.51. The zero-order valence-electron chi connectivity index (χ0n) is 15.9. The zero-order chi connectivity index (χ0) is 19.1. The Balaban J connectivity index is 1.48. The van der Waals surface area contributed by atoms with Crippen LogP contribution in [0.25, 0.3) is 10.9 Å². The van der Waals surface area contributed by atoms with E-state index in [1.54, 1.807) is 4.90 Å². The van der Waals surface area contributed by atoms with Gasteiger partial charge in [-0.3, -0.25) is 9.78 Å². The summed E-state index contributed by atoms with van der Waals surface area (Å²) in [7, 11) is 1.86. The predicted octanol–water partition coefficient (Wildman–Crippen LogP) is 3.77. The molecule has 5 rings (SSSR count). The molecule has 142 valence electrons. The van der Waals surface area contributed by atoms with Crippen LogP contribution in [-0.4, -0.2) is 36.1 Å². The van der Waals surface area contributed by atoms with Crippen LogP contribution in [-0.2, 0) is 19.4 Å². The summed E-state index contributed by atoms with van der Waals surface area (Å²) < 4.78 is 11.3. The van der Waals surface area contributed by atoms with E-state index in [4.69, 9.17) is 14.5 Å². The molecule has 2 aliphatic rings. The summed E-state index contributed by atoms with van der Waals surface area (Å²) in [6, 6.07) is 13.8. The fourth-order valence-electron chi connectivity index (χ4n) is 4.18. The lowest BCUT2D eigenvalue weighted by Gasteiger charge is -2.22. The Morgan fingerprint density at radius 2 is 1.89 bits per heavy atom. The van der Waals surface area contributed by atoms with Gasteiger partial charge in [0, 0.05) is 24.7 Å². The van der Waals surface area contributed by atoms with Gasteiger partial charge in [0.1, 0.15) is 13.2 Å². The van der Waals surface area contributed by atoms with E-state index in [-0.39, 0.29) is 5.91 Å². The SMILES string of the molecule is CN(Cc1ccc2c(c1)OCCO2)C(=O)c1c2c(nc3ccccc13)CCC2. The normalized spacial score (nSPS) is 14.8. The van der Waals surface area contributed by atoms with Gasteiger partial charge in [0.2, 0.25) is 0 Å². The second-order valence-corrected chi connectivity index (χ2v) is 7.42. The average Bonchev–Trinajstić information content (AvgIpc) is 3.19. The summed E-state index contributed by atoms with van der Waals surface area (Å²) >= 11 is 0. The minimum Gasteiger partial charge on any atom is -0.486 e. The first kappa shape index (κ1) is 17.0. The van der Waals surface area contributed by atoms with Crippen molar-refractivity contribution in [3.8, 4) is 11.5 Å². The van der Waals surface area contributed by atoms with Gasteiger partial charge < -0.3 is 14.4 Å². The van der Waals surface area contributed by atoms with Crippen LogP contribution in [0.4, 0.5) is 0 Å². The van der Waals surface area contributed by atoms with Crippen molar-refractivity contribution in [3.63, 3.8) is 0 Å². The van der Waals surface area contributed by atoms with Gasteiger partial charge in [-0.1, -0.05) is 24.3 Å². The molecule has 0 saturated heterocycles. The number of aryl methyl sites for hydroxylation is 1. The Morgan fingerprint density at radius 1 is 1.07 bits per heavy atom. The molecule has 28 heavy (non-hydrogen) atoms. The summed E-state index contributed by atoms with van der Waals surface area (Å²) in [6.07, 6.45) is 2.93. The van der Waals surface area contributed by atoms with Crippen LogP contribution in [0.1, 0.15) is 33.6 Å². The smallest absolute Gasteiger partial charge is 0.254 e. The summed E-state index contributed by atoms with van der Waals surface area (Å²) in [4.78, 5) is 20.0. The van der Waals surface area contributed by atoms with Crippen molar-refractivity contribution >= 4 is 16.8 Å². The van der Waals surface area contributed by atoms with Crippen molar-refractivity contribution in [1.29, 1.82) is 0 Å². The van der Waals surface area contributed by atoms with E-state index in [9.17, 15) is 4.79 Å². The molecule has 2 aromatic carbocycles. The molecule has 0 spiro atoms. The number of carbonyl (C=O) groups is 1. The maximum Gasteiger partial charge on any atom is 0.254 e. The largest absolute Gasteiger partial charge is 0.486 e. The van der Waals surface area contributed by atoms with Crippen molar-refractivity contribution in [3.05, 3.63) is 64.8 Å². The summed E-state index contributed by atoms with van der Waals surface area (Å²) in [5.41, 5.74) is 4.94. The minimum absolute atomic E-state index is 0.0478. The first-order valence-corrected chi connectivity index (χ1v) is 9.75. The first-order valence-electron chi connectivity index (χ1n) is 9.75. The summed E-state index contributed by atoms with van der Waals surface area (Å²) in [5.74, 6) is 1.56. The van der Waals surface area contributed by atoms with Gasteiger partial charge in [-0.15, -0.1) is 0 Å². The molecule has 0 radical (unpaired) electrons. The topological polar surface area (TPSA) is 51.7 Å². The Morgan fingerprint density at radius 3 is 2.79 bits per heavy atom. The first-order chi connectivity index (χ1) is 13.7. The number of benzene rings is 2. The van der Waals surface area contributed by atoms with E-state index in [1.165, 1.54) is 0 Å². The Hall–Kier alpha value is -3.08. The van der Waals surface area contributed by atoms with E-state index >= 15 is 0 Å². The zero-order valence-corrected chi connectivity index (χ0v) is 15.9. The fraction of sp³-hybridized carbons (Fsp3) is 0.304. The highest BCUT2D eigenvalue weighted by atomic mass is 16.6. The van der Waals surface area contributed by atoms with E-state index in [1.807, 2.05) is 49.5 Å². The molecule has 1 aromatic heterocycles. The molecule has 3 aromatic rings. The number of carbonyl (C=O) groups excluding carboxylic acids is 1. The molecule has 0 fully saturated rings. The van der Waals surface area contributed by atoms with Gasteiger partial charge in [0.05, 0.1) is 11.1 Å². The molecule has 5 heteroatoms. The molecule has 5 nitrogen and oxygen atoms in total. The molecule has 0 N–H and O–H groups in total. The van der Waals surface area contributed by atoms with E-state index in [0.29, 0.717) is 19.8 Å². The van der Waals surface area contributed by atoms with Crippen LogP contribution >= 0.6 is 0 Å². The second kappa shape index (κ2) is 6.82. The molecule has 1 aliphatic heterocycles. The van der Waals surface area contributed by atoms with Crippen molar-refractivity contribution in [1.82, 2.24) is 9.88 Å². The summed E-state index contributed by atoms with van der Waals surface area (Å²) in [5, 5.41) is 0.946. The lowest BCUT2D eigenvalue weighted by molar-refractivity contribution is 0.0785. The second-order valence-electron chi connectivity index (χ2n) is 7.42. The maximum atomic E-state index is 13.5. The molecule has 1 aliphatic carbocycles. The highest BCUT2D eigenvalue weighted by molar-refractivity contribution is 6.07. The van der Waals surface area contributed by atoms with Crippen LogP contribution in [0, 0.1) is 0 Å². The van der Waals surface area contributed by atoms with E-state index in [0.717, 1.165) is 64.0 Å². The standard InChI is InChI=1S/C23H22N2O3/c1-25(14-15-9-10-20-21(13-15)28-12-11-27-20)23(26)22-16-5-2-3-7-18(16)24-19-8-4-6-17(19)22/h2-3,5,7,9-10,13H,4,6,8,11-12,14H2,1H3. The summed E-state index contributed by atoms with van der Waals surface area (Å²) in [6.45, 7) is 1.65. The van der Waals surface area contributed by atoms with Crippen LogP contribution in [0.15, 0.2) is 42.5 Å². The number of fused-ring (bicyclic) bond motifs is 3. The molecule has 0 bridgehead atoms. The molecule has 1 amide bonds. The number of nitrogens with zero attached hydrogens (tertiary/aromatic N) is 2. The molecular weight excluding hydrogens is 352 g/mol. The molecular formula is C23H22N2O3. The highest BCUT2D eigenvalue weighted by Gasteiger charge is 2.25. The third-order valence-corrected chi connectivity index (χ3v) is 5.51. The number of pyridine rings is 1. The van der Waals surface area contributed by atoms with Crippen LogP contribution in [0.5, 0.6) is 11.5 Å². The number of hydrogen-bond acceptors (Lipinski definition) is 4. The fourth-order valence-corrected chi connectivity index (χ4v) is 4.18. The highest BCUT2D eigenvalue weighted by Crippen LogP contribution is 2.33. The van der Waals surface area contributed by atoms with Crippen molar-refractivity contribution < 1.29 is 14.3 Å². The lowest BCUT2D eigenvalue weighted by Crippen LogP contribution is -2.27. The predicted molar refractivity (Wildman–Crippen MR) is 107 cm³/mol. The van der Waals surface area contributed by atoms with Gasteiger partial charge >= 0.3 is 0 Å². The third kappa shape index (κ3) is 2.87. The number of rotatable bonds is 3. The monoisotopic (exact) mass is 374 g/mol. The van der Waals surface area contributed by atoms with E-state index < -0.39 is 0 Å². The van der Waals surface area contributed by atoms with Crippen molar-refractivity contribution in [2.24, 2.45) is 0 Å². The number of para-hydroxylation sites is 1. The van der Waals surface area contributed by atoms with Gasteiger partial charge in [0.25, 0.3) is 5.91 Å². The molecule has 0 saturated carbocycles. The number of ether oxygens (including phenoxy) is 2. The Kier molecular flexibility index (Phi) is 4.15. The Bertz CT molecular complexity index is 1080. The number of amides is 1. The minimum atomic E-state index is 0.0478. The quantitative estimate of drug-likeness (QED) is 0.700. The van der Waals surface area contributed by atoms with Crippen LogP contribution < -0.4 is 9.47 Å². The average molecular weight is 374 g/mol. The van der Waals surface area contributed by atoms with Crippen LogP contribution in [0.2, 0.25) is 0 Å².